The molecule has 0 aliphatic heterocycles. The molecule has 0 aromatic heterocycles. The van der Waals surface area contributed by atoms with E-state index in [1.165, 1.54) is 45.1 Å². The Morgan fingerprint density at radius 1 is 1.21 bits per heavy atom. The van der Waals surface area contributed by atoms with Crippen LogP contribution in [-0.4, -0.2) is 19.1 Å². The van der Waals surface area contributed by atoms with Gasteiger partial charge in [0.15, 0.2) is 0 Å². The molecule has 2 fully saturated rings. The van der Waals surface area contributed by atoms with Crippen LogP contribution in [0.5, 0.6) is 0 Å². The summed E-state index contributed by atoms with van der Waals surface area (Å²) >= 11 is 0. The van der Waals surface area contributed by atoms with Gasteiger partial charge in [-0.25, -0.2) is 0 Å². The molecule has 2 aliphatic carbocycles. The van der Waals surface area contributed by atoms with Crippen LogP contribution in [0.4, 0.5) is 0 Å². The lowest BCUT2D eigenvalue weighted by atomic mass is 9.71. The summed E-state index contributed by atoms with van der Waals surface area (Å²) in [5.74, 6) is 0.926. The Bertz CT molecular complexity index is 179. The summed E-state index contributed by atoms with van der Waals surface area (Å²) in [6.45, 7) is 4.41. The van der Waals surface area contributed by atoms with Gasteiger partial charge in [-0.05, 0) is 43.6 Å². The van der Waals surface area contributed by atoms with E-state index >= 15 is 0 Å². The van der Waals surface area contributed by atoms with Gasteiger partial charge in [-0.15, -0.1) is 0 Å². The van der Waals surface area contributed by atoms with E-state index in [0.29, 0.717) is 5.41 Å². The minimum Gasteiger partial charge on any atom is -0.330 e. The molecular formula is C12H24N2. The van der Waals surface area contributed by atoms with E-state index < -0.39 is 0 Å². The third-order valence-electron chi connectivity index (χ3n) is 4.11. The molecule has 0 amide bonds. The number of nitrogens with one attached hydrogen (secondary N) is 1. The molecule has 0 bridgehead atoms. The first-order valence-electron chi connectivity index (χ1n) is 6.18. The molecule has 0 radical (unpaired) electrons. The third kappa shape index (κ3) is 2.48. The molecule has 2 heteroatoms. The van der Waals surface area contributed by atoms with E-state index in [1.54, 1.807) is 0 Å². The highest BCUT2D eigenvalue weighted by atomic mass is 15.0. The average Bonchev–Trinajstić information content (AvgIpc) is 3.02. The van der Waals surface area contributed by atoms with Crippen LogP contribution in [0, 0.1) is 11.3 Å². The van der Waals surface area contributed by atoms with Crippen LogP contribution in [-0.2, 0) is 0 Å². The number of hydrogen-bond donors (Lipinski definition) is 2. The van der Waals surface area contributed by atoms with Crippen molar-refractivity contribution in [3.8, 4) is 0 Å². The van der Waals surface area contributed by atoms with Gasteiger partial charge in [-0.1, -0.05) is 19.8 Å². The van der Waals surface area contributed by atoms with Gasteiger partial charge < -0.3 is 11.1 Å². The highest BCUT2D eigenvalue weighted by Gasteiger charge is 2.34. The molecule has 14 heavy (non-hydrogen) atoms. The Morgan fingerprint density at radius 3 is 2.36 bits per heavy atom. The summed E-state index contributed by atoms with van der Waals surface area (Å²) in [6.07, 6.45) is 8.20. The van der Waals surface area contributed by atoms with E-state index in [9.17, 15) is 0 Å². The van der Waals surface area contributed by atoms with Gasteiger partial charge in [0.1, 0.15) is 0 Å². The van der Waals surface area contributed by atoms with E-state index in [2.05, 4.69) is 12.2 Å². The molecule has 0 aromatic rings. The monoisotopic (exact) mass is 196 g/mol. The number of hydrogen-bond acceptors (Lipinski definition) is 2. The predicted octanol–water partition coefficient (Wildman–Crippen LogP) is 1.89. The minimum atomic E-state index is 0.440. The fraction of sp³-hybridized carbons (Fsp3) is 1.00. The van der Waals surface area contributed by atoms with Gasteiger partial charge in [-0.3, -0.25) is 0 Å². The summed E-state index contributed by atoms with van der Waals surface area (Å²) in [5.41, 5.74) is 6.39. The fourth-order valence-corrected chi connectivity index (χ4v) is 2.48. The molecule has 82 valence electrons. The maximum absolute atomic E-state index is 5.95. The molecule has 2 nitrogen and oxygen atoms in total. The third-order valence-corrected chi connectivity index (χ3v) is 4.11. The molecule has 0 aromatic carbocycles. The zero-order chi connectivity index (χ0) is 10.0. The first-order chi connectivity index (χ1) is 6.74. The quantitative estimate of drug-likeness (QED) is 0.720. The first-order valence-corrected chi connectivity index (χ1v) is 6.18. The minimum absolute atomic E-state index is 0.440. The van der Waals surface area contributed by atoms with Crippen molar-refractivity contribution in [3.05, 3.63) is 0 Å². The highest BCUT2D eigenvalue weighted by Crippen LogP contribution is 2.38. The zero-order valence-electron chi connectivity index (χ0n) is 9.39. The van der Waals surface area contributed by atoms with Crippen molar-refractivity contribution in [1.82, 2.24) is 5.32 Å². The summed E-state index contributed by atoms with van der Waals surface area (Å²) in [5, 5.41) is 3.65. The van der Waals surface area contributed by atoms with Crippen molar-refractivity contribution in [1.29, 1.82) is 0 Å². The molecule has 0 atom stereocenters. The maximum atomic E-state index is 5.95. The summed E-state index contributed by atoms with van der Waals surface area (Å²) in [4.78, 5) is 0. The molecular weight excluding hydrogens is 172 g/mol. The molecule has 0 unspecified atom stereocenters. The second kappa shape index (κ2) is 4.19. The van der Waals surface area contributed by atoms with Crippen molar-refractivity contribution in [2.75, 3.05) is 13.1 Å². The molecule has 0 heterocycles. The summed E-state index contributed by atoms with van der Waals surface area (Å²) in [7, 11) is 0. The van der Waals surface area contributed by atoms with Crippen LogP contribution in [0.3, 0.4) is 0 Å². The van der Waals surface area contributed by atoms with Crippen molar-refractivity contribution in [2.24, 2.45) is 17.1 Å². The van der Waals surface area contributed by atoms with Gasteiger partial charge in [0.25, 0.3) is 0 Å². The predicted molar refractivity (Wildman–Crippen MR) is 60.1 cm³/mol. The first kappa shape index (κ1) is 10.4. The summed E-state index contributed by atoms with van der Waals surface area (Å²) < 4.78 is 0. The van der Waals surface area contributed by atoms with Crippen LogP contribution in [0.15, 0.2) is 0 Å². The van der Waals surface area contributed by atoms with E-state index in [-0.39, 0.29) is 0 Å². The van der Waals surface area contributed by atoms with Crippen LogP contribution < -0.4 is 11.1 Å². The average molecular weight is 196 g/mol. The second-order valence-corrected chi connectivity index (χ2v) is 5.54. The smallest absolute Gasteiger partial charge is 0.00684 e. The highest BCUT2D eigenvalue weighted by molar-refractivity contribution is 4.91. The van der Waals surface area contributed by atoms with Crippen LogP contribution >= 0.6 is 0 Å². The fourth-order valence-electron chi connectivity index (χ4n) is 2.48. The molecule has 2 rings (SSSR count). The zero-order valence-corrected chi connectivity index (χ0v) is 9.39. The Morgan fingerprint density at radius 2 is 1.86 bits per heavy atom. The second-order valence-electron chi connectivity index (χ2n) is 5.54. The Balaban J connectivity index is 1.81. The van der Waals surface area contributed by atoms with Crippen LogP contribution in [0.1, 0.15) is 45.4 Å². The molecule has 3 N–H and O–H groups in total. The van der Waals surface area contributed by atoms with Crippen molar-refractivity contribution >= 4 is 0 Å². The van der Waals surface area contributed by atoms with Crippen LogP contribution in [0.2, 0.25) is 0 Å². The van der Waals surface area contributed by atoms with Gasteiger partial charge in [0.05, 0.1) is 0 Å². The van der Waals surface area contributed by atoms with Gasteiger partial charge in [0.2, 0.25) is 0 Å². The van der Waals surface area contributed by atoms with Crippen molar-refractivity contribution < 1.29 is 0 Å². The van der Waals surface area contributed by atoms with Crippen molar-refractivity contribution in [3.63, 3.8) is 0 Å². The lowest BCUT2D eigenvalue weighted by Gasteiger charge is -2.39. The standard InChI is InChI=1S/C12H24N2/c1-10-4-6-12(8-13,7-5-10)9-14-11-2-3-11/h10-11,14H,2-9,13H2,1H3. The van der Waals surface area contributed by atoms with Gasteiger partial charge in [0, 0.05) is 12.6 Å². The van der Waals surface area contributed by atoms with E-state index in [4.69, 9.17) is 5.73 Å². The normalized spacial score (nSPS) is 38.6. The van der Waals surface area contributed by atoms with Gasteiger partial charge >= 0.3 is 0 Å². The van der Waals surface area contributed by atoms with Crippen LogP contribution in [0.25, 0.3) is 0 Å². The Labute approximate surface area is 87.6 Å². The topological polar surface area (TPSA) is 38.0 Å². The largest absolute Gasteiger partial charge is 0.330 e. The number of nitrogens with two attached hydrogens (primary N) is 1. The van der Waals surface area contributed by atoms with E-state index in [0.717, 1.165) is 18.5 Å². The Hall–Kier alpha value is -0.0800. The molecule has 0 spiro atoms. The molecule has 2 aliphatic rings. The number of rotatable bonds is 4. The van der Waals surface area contributed by atoms with E-state index in [1.807, 2.05) is 0 Å². The maximum Gasteiger partial charge on any atom is 0.00684 e. The molecule has 0 saturated heterocycles. The Kier molecular flexibility index (Phi) is 3.13. The lowest BCUT2D eigenvalue weighted by molar-refractivity contribution is 0.159. The summed E-state index contributed by atoms with van der Waals surface area (Å²) in [6, 6.07) is 0.831. The SMILES string of the molecule is CC1CCC(CN)(CNC2CC2)CC1. The lowest BCUT2D eigenvalue weighted by Crippen LogP contribution is -2.43. The van der Waals surface area contributed by atoms with Gasteiger partial charge in [-0.2, -0.15) is 0 Å². The van der Waals surface area contributed by atoms with Crippen molar-refractivity contribution in [2.45, 2.75) is 51.5 Å². The molecule has 2 saturated carbocycles.